The molecule has 0 aromatic heterocycles. The van der Waals surface area contributed by atoms with Gasteiger partial charge in [-0.15, -0.1) is 0 Å². The molecule has 1 unspecified atom stereocenters. The van der Waals surface area contributed by atoms with Crippen LogP contribution in [0.15, 0.2) is 24.3 Å². The van der Waals surface area contributed by atoms with Gasteiger partial charge in [0.2, 0.25) is 0 Å². The van der Waals surface area contributed by atoms with Crippen molar-refractivity contribution in [2.45, 2.75) is 19.4 Å². The maximum Gasteiger partial charge on any atom is 0.115 e. The highest BCUT2D eigenvalue weighted by Crippen LogP contribution is 2.11. The van der Waals surface area contributed by atoms with Crippen LogP contribution in [0.4, 0.5) is 0 Å². The molecule has 0 aliphatic heterocycles. The molecule has 0 fully saturated rings. The van der Waals surface area contributed by atoms with E-state index in [0.29, 0.717) is 18.4 Å². The predicted octanol–water partition coefficient (Wildman–Crippen LogP) is 1.56. The van der Waals surface area contributed by atoms with Crippen molar-refractivity contribution in [2.24, 2.45) is 0 Å². The molecule has 0 aliphatic rings. The van der Waals surface area contributed by atoms with Crippen molar-refractivity contribution < 1.29 is 9.84 Å². The summed E-state index contributed by atoms with van der Waals surface area (Å²) in [5.41, 5.74) is 1.20. The van der Waals surface area contributed by atoms with Crippen molar-refractivity contribution in [2.75, 3.05) is 20.3 Å². The SMILES string of the molecule is CCOCC(Cc1ccc(O)cc1)NC. The molecule has 0 spiro atoms. The van der Waals surface area contributed by atoms with Crippen molar-refractivity contribution >= 4 is 0 Å². The summed E-state index contributed by atoms with van der Waals surface area (Å²) >= 11 is 0. The van der Waals surface area contributed by atoms with Gasteiger partial charge in [-0.3, -0.25) is 0 Å². The standard InChI is InChI=1S/C12H19NO2/c1-3-15-9-11(13-2)8-10-4-6-12(14)7-5-10/h4-7,11,13-14H,3,8-9H2,1-2H3. The Morgan fingerprint density at radius 3 is 2.53 bits per heavy atom. The summed E-state index contributed by atoms with van der Waals surface area (Å²) in [6.07, 6.45) is 0.913. The third kappa shape index (κ3) is 4.32. The highest BCUT2D eigenvalue weighted by atomic mass is 16.5. The van der Waals surface area contributed by atoms with Crippen LogP contribution in [0.2, 0.25) is 0 Å². The summed E-state index contributed by atoms with van der Waals surface area (Å²) in [6.45, 7) is 3.45. The topological polar surface area (TPSA) is 41.5 Å². The number of benzene rings is 1. The van der Waals surface area contributed by atoms with Gasteiger partial charge in [-0.1, -0.05) is 12.1 Å². The van der Waals surface area contributed by atoms with Crippen molar-refractivity contribution in [1.82, 2.24) is 5.32 Å². The van der Waals surface area contributed by atoms with Gasteiger partial charge in [0.05, 0.1) is 6.61 Å². The van der Waals surface area contributed by atoms with Gasteiger partial charge in [-0.25, -0.2) is 0 Å². The molecule has 0 saturated carbocycles. The Kier molecular flexibility index (Phi) is 5.15. The molecular weight excluding hydrogens is 190 g/mol. The average molecular weight is 209 g/mol. The first-order chi connectivity index (χ1) is 7.26. The second-order valence-electron chi connectivity index (χ2n) is 3.52. The quantitative estimate of drug-likeness (QED) is 0.747. The van der Waals surface area contributed by atoms with Crippen LogP contribution in [0.1, 0.15) is 12.5 Å². The number of likely N-dealkylation sites (N-methyl/N-ethyl adjacent to an activating group) is 1. The number of rotatable bonds is 6. The molecule has 0 saturated heterocycles. The minimum Gasteiger partial charge on any atom is -0.508 e. The zero-order valence-electron chi connectivity index (χ0n) is 9.36. The first-order valence-electron chi connectivity index (χ1n) is 5.29. The Hall–Kier alpha value is -1.06. The first-order valence-corrected chi connectivity index (χ1v) is 5.29. The summed E-state index contributed by atoms with van der Waals surface area (Å²) in [6, 6.07) is 7.62. The minimum absolute atomic E-state index is 0.310. The fourth-order valence-corrected chi connectivity index (χ4v) is 1.42. The maximum atomic E-state index is 9.15. The number of ether oxygens (including phenoxy) is 1. The van der Waals surface area contributed by atoms with E-state index in [1.807, 2.05) is 26.1 Å². The smallest absolute Gasteiger partial charge is 0.115 e. The average Bonchev–Trinajstić information content (AvgIpc) is 2.27. The second-order valence-corrected chi connectivity index (χ2v) is 3.52. The zero-order chi connectivity index (χ0) is 11.1. The van der Waals surface area contributed by atoms with E-state index in [1.165, 1.54) is 5.56 Å². The molecule has 0 heterocycles. The molecule has 3 nitrogen and oxygen atoms in total. The van der Waals surface area contributed by atoms with Gasteiger partial charge in [0.25, 0.3) is 0 Å². The molecule has 2 N–H and O–H groups in total. The highest BCUT2D eigenvalue weighted by molar-refractivity contribution is 5.26. The molecule has 1 aromatic rings. The monoisotopic (exact) mass is 209 g/mol. The Bertz CT molecular complexity index is 271. The molecule has 15 heavy (non-hydrogen) atoms. The first kappa shape index (κ1) is 12.0. The molecule has 0 aliphatic carbocycles. The number of nitrogens with one attached hydrogen (secondary N) is 1. The Morgan fingerprint density at radius 2 is 2.00 bits per heavy atom. The fraction of sp³-hybridized carbons (Fsp3) is 0.500. The van der Waals surface area contributed by atoms with Gasteiger partial charge in [0.15, 0.2) is 0 Å². The van der Waals surface area contributed by atoms with Crippen molar-refractivity contribution in [3.8, 4) is 5.75 Å². The molecule has 1 atom stereocenters. The number of hydrogen-bond donors (Lipinski definition) is 2. The van der Waals surface area contributed by atoms with Crippen LogP contribution in [0, 0.1) is 0 Å². The Labute approximate surface area is 91.1 Å². The van der Waals surface area contributed by atoms with Crippen LogP contribution in [0.25, 0.3) is 0 Å². The lowest BCUT2D eigenvalue weighted by atomic mass is 10.1. The molecule has 84 valence electrons. The Balaban J connectivity index is 2.47. The van der Waals surface area contributed by atoms with Crippen LogP contribution in [0.5, 0.6) is 5.75 Å². The normalized spacial score (nSPS) is 12.7. The lowest BCUT2D eigenvalue weighted by Crippen LogP contribution is -2.32. The van der Waals surface area contributed by atoms with E-state index in [2.05, 4.69) is 5.32 Å². The molecule has 0 radical (unpaired) electrons. The minimum atomic E-state index is 0.310. The van der Waals surface area contributed by atoms with Crippen LogP contribution in [-0.4, -0.2) is 31.4 Å². The van der Waals surface area contributed by atoms with E-state index in [-0.39, 0.29) is 0 Å². The van der Waals surface area contributed by atoms with E-state index >= 15 is 0 Å². The van der Waals surface area contributed by atoms with Crippen LogP contribution < -0.4 is 5.32 Å². The van der Waals surface area contributed by atoms with Gasteiger partial charge in [-0.2, -0.15) is 0 Å². The van der Waals surface area contributed by atoms with Gasteiger partial charge < -0.3 is 15.2 Å². The van der Waals surface area contributed by atoms with Gasteiger partial charge in [-0.05, 0) is 38.1 Å². The summed E-state index contributed by atoms with van der Waals surface area (Å²) in [5.74, 6) is 0.310. The summed E-state index contributed by atoms with van der Waals surface area (Å²) in [5, 5.41) is 12.4. The van der Waals surface area contributed by atoms with Crippen molar-refractivity contribution in [3.63, 3.8) is 0 Å². The largest absolute Gasteiger partial charge is 0.508 e. The second kappa shape index (κ2) is 6.43. The van der Waals surface area contributed by atoms with Gasteiger partial charge >= 0.3 is 0 Å². The van der Waals surface area contributed by atoms with E-state index in [0.717, 1.165) is 13.0 Å². The molecule has 1 rings (SSSR count). The Morgan fingerprint density at radius 1 is 1.33 bits per heavy atom. The van der Waals surface area contributed by atoms with Crippen LogP contribution in [0.3, 0.4) is 0 Å². The molecule has 0 amide bonds. The third-order valence-electron chi connectivity index (χ3n) is 2.35. The molecule has 3 heteroatoms. The van der Waals surface area contributed by atoms with Crippen molar-refractivity contribution in [3.05, 3.63) is 29.8 Å². The molecular formula is C12H19NO2. The number of phenolic OH excluding ortho intramolecular Hbond substituents is 1. The predicted molar refractivity (Wildman–Crippen MR) is 61.2 cm³/mol. The highest BCUT2D eigenvalue weighted by Gasteiger charge is 2.06. The van der Waals surface area contributed by atoms with E-state index < -0.39 is 0 Å². The van der Waals surface area contributed by atoms with Crippen LogP contribution >= 0.6 is 0 Å². The molecule has 0 bridgehead atoms. The maximum absolute atomic E-state index is 9.15. The zero-order valence-corrected chi connectivity index (χ0v) is 9.36. The number of phenols is 1. The molecule has 1 aromatic carbocycles. The van der Waals surface area contributed by atoms with E-state index in [4.69, 9.17) is 9.84 Å². The third-order valence-corrected chi connectivity index (χ3v) is 2.35. The van der Waals surface area contributed by atoms with E-state index in [9.17, 15) is 0 Å². The number of hydrogen-bond acceptors (Lipinski definition) is 3. The lowest BCUT2D eigenvalue weighted by molar-refractivity contribution is 0.125. The van der Waals surface area contributed by atoms with Gasteiger partial charge in [0.1, 0.15) is 5.75 Å². The van der Waals surface area contributed by atoms with Gasteiger partial charge in [0, 0.05) is 12.6 Å². The summed E-state index contributed by atoms with van der Waals surface area (Å²) in [7, 11) is 1.93. The van der Waals surface area contributed by atoms with E-state index in [1.54, 1.807) is 12.1 Å². The lowest BCUT2D eigenvalue weighted by Gasteiger charge is -2.15. The van der Waals surface area contributed by atoms with Crippen LogP contribution in [-0.2, 0) is 11.2 Å². The number of aromatic hydroxyl groups is 1. The summed E-state index contributed by atoms with van der Waals surface area (Å²) in [4.78, 5) is 0. The fourth-order valence-electron chi connectivity index (χ4n) is 1.42. The van der Waals surface area contributed by atoms with Crippen molar-refractivity contribution in [1.29, 1.82) is 0 Å². The summed E-state index contributed by atoms with van der Waals surface area (Å²) < 4.78 is 5.37.